The van der Waals surface area contributed by atoms with E-state index in [1.807, 2.05) is 65.5 Å². The Balaban J connectivity index is 1.41. The average molecular weight is 544 g/mol. The Morgan fingerprint density at radius 3 is 2.35 bits per heavy atom. The van der Waals surface area contributed by atoms with Gasteiger partial charge in [-0.05, 0) is 48.2 Å². The molecular weight excluding hydrogens is 502 g/mol. The Bertz CT molecular complexity index is 1310. The van der Waals surface area contributed by atoms with E-state index in [-0.39, 0.29) is 18.1 Å². The van der Waals surface area contributed by atoms with Crippen molar-refractivity contribution in [1.29, 1.82) is 0 Å². The molecule has 40 heavy (non-hydrogen) atoms. The Labute approximate surface area is 236 Å². The first-order valence-corrected chi connectivity index (χ1v) is 14.0. The number of carbonyl (C=O) groups is 1. The van der Waals surface area contributed by atoms with Crippen molar-refractivity contribution >= 4 is 11.6 Å². The van der Waals surface area contributed by atoms with Crippen molar-refractivity contribution in [2.75, 3.05) is 11.9 Å². The zero-order chi connectivity index (χ0) is 28.4. The SMILES string of the molecule is CCCC(N)(CCC)c1ccc(NC(=O)c2ccc(CN(Cc3ncc[nH]3)Cc3nccn3CCO)cc2)cc1. The van der Waals surface area contributed by atoms with Gasteiger partial charge in [0.1, 0.15) is 11.6 Å². The van der Waals surface area contributed by atoms with Crippen LogP contribution in [-0.2, 0) is 31.7 Å². The molecule has 0 aliphatic carbocycles. The van der Waals surface area contributed by atoms with Crippen molar-refractivity contribution < 1.29 is 9.90 Å². The van der Waals surface area contributed by atoms with Crippen LogP contribution in [0.4, 0.5) is 5.69 Å². The molecule has 9 heteroatoms. The Morgan fingerprint density at radius 2 is 1.73 bits per heavy atom. The third kappa shape index (κ3) is 7.65. The van der Waals surface area contributed by atoms with Gasteiger partial charge in [-0.15, -0.1) is 0 Å². The summed E-state index contributed by atoms with van der Waals surface area (Å²) in [4.78, 5) is 27.2. The summed E-state index contributed by atoms with van der Waals surface area (Å²) in [6.07, 6.45) is 11.1. The second-order valence-corrected chi connectivity index (χ2v) is 10.3. The number of imidazole rings is 2. The summed E-state index contributed by atoms with van der Waals surface area (Å²) in [6.45, 7) is 6.71. The maximum Gasteiger partial charge on any atom is 0.255 e. The van der Waals surface area contributed by atoms with E-state index < -0.39 is 0 Å². The van der Waals surface area contributed by atoms with E-state index in [0.717, 1.165) is 54.1 Å². The van der Waals surface area contributed by atoms with Crippen molar-refractivity contribution in [2.24, 2.45) is 5.73 Å². The van der Waals surface area contributed by atoms with Gasteiger partial charge >= 0.3 is 0 Å². The maximum absolute atomic E-state index is 13.0. The number of amides is 1. The predicted molar refractivity (Wildman–Crippen MR) is 157 cm³/mol. The summed E-state index contributed by atoms with van der Waals surface area (Å²) in [6, 6.07) is 15.6. The number of hydrogen-bond acceptors (Lipinski definition) is 6. The van der Waals surface area contributed by atoms with Gasteiger partial charge in [0.05, 0.1) is 19.7 Å². The lowest BCUT2D eigenvalue weighted by Gasteiger charge is -2.29. The zero-order valence-corrected chi connectivity index (χ0v) is 23.5. The minimum atomic E-state index is -0.329. The van der Waals surface area contributed by atoms with Crippen molar-refractivity contribution in [1.82, 2.24) is 24.4 Å². The second-order valence-electron chi connectivity index (χ2n) is 10.3. The number of aliphatic hydroxyl groups excluding tert-OH is 1. The van der Waals surface area contributed by atoms with Crippen molar-refractivity contribution in [3.63, 3.8) is 0 Å². The van der Waals surface area contributed by atoms with E-state index in [1.165, 1.54) is 0 Å². The van der Waals surface area contributed by atoms with Crippen LogP contribution in [0.25, 0.3) is 0 Å². The zero-order valence-electron chi connectivity index (χ0n) is 23.5. The van der Waals surface area contributed by atoms with Crippen LogP contribution < -0.4 is 11.1 Å². The average Bonchev–Trinajstić information content (AvgIpc) is 3.62. The number of aromatic amines is 1. The molecule has 2 aromatic carbocycles. The van der Waals surface area contributed by atoms with Gasteiger partial charge in [0.15, 0.2) is 0 Å². The highest BCUT2D eigenvalue weighted by molar-refractivity contribution is 6.04. The number of rotatable bonds is 15. The number of hydrogen-bond donors (Lipinski definition) is 4. The van der Waals surface area contributed by atoms with Gasteiger partial charge in [-0.25, -0.2) is 9.97 Å². The standard InChI is InChI=1S/C31H41N7O2/c1-3-13-31(32,14-4-2)26-9-11-27(12-10-26)36-30(40)25-7-5-24(6-8-25)21-37(22-28-33-15-16-34-28)23-29-35-17-18-38(29)19-20-39/h5-12,15-18,39H,3-4,13-14,19-23,32H2,1-2H3,(H,33,34)(H,36,40). The van der Waals surface area contributed by atoms with Gasteiger partial charge in [-0.3, -0.25) is 9.69 Å². The van der Waals surface area contributed by atoms with Crippen LogP contribution in [0.2, 0.25) is 0 Å². The highest BCUT2D eigenvalue weighted by atomic mass is 16.3. The minimum absolute atomic E-state index is 0.0563. The molecule has 0 saturated carbocycles. The number of nitrogens with zero attached hydrogens (tertiary/aromatic N) is 4. The highest BCUT2D eigenvalue weighted by Gasteiger charge is 2.25. The van der Waals surface area contributed by atoms with Gasteiger partial charge in [-0.1, -0.05) is 51.0 Å². The number of nitrogens with one attached hydrogen (secondary N) is 2. The number of aliphatic hydroxyl groups is 1. The van der Waals surface area contributed by atoms with Crippen LogP contribution in [0.1, 0.15) is 72.7 Å². The third-order valence-corrected chi connectivity index (χ3v) is 7.17. The fraction of sp³-hybridized carbons (Fsp3) is 0.387. The first-order chi connectivity index (χ1) is 19.4. The van der Waals surface area contributed by atoms with Gasteiger partial charge < -0.3 is 25.7 Å². The van der Waals surface area contributed by atoms with E-state index in [2.05, 4.69) is 39.0 Å². The Morgan fingerprint density at radius 1 is 1.00 bits per heavy atom. The maximum atomic E-state index is 13.0. The molecule has 0 unspecified atom stereocenters. The molecule has 2 aromatic heterocycles. The lowest BCUT2D eigenvalue weighted by Crippen LogP contribution is -2.36. The predicted octanol–water partition coefficient (Wildman–Crippen LogP) is 4.81. The first kappa shape index (κ1) is 29.2. The van der Waals surface area contributed by atoms with E-state index in [4.69, 9.17) is 5.73 Å². The molecule has 5 N–H and O–H groups in total. The number of H-pyrrole nitrogens is 1. The molecule has 0 atom stereocenters. The summed E-state index contributed by atoms with van der Waals surface area (Å²) in [7, 11) is 0. The second kappa shape index (κ2) is 14.0. The van der Waals surface area contributed by atoms with E-state index in [9.17, 15) is 9.90 Å². The first-order valence-electron chi connectivity index (χ1n) is 14.0. The van der Waals surface area contributed by atoms with Crippen molar-refractivity contribution in [2.45, 2.75) is 71.2 Å². The molecule has 0 bridgehead atoms. The monoisotopic (exact) mass is 543 g/mol. The molecule has 0 aliphatic heterocycles. The molecular formula is C31H41N7O2. The fourth-order valence-electron chi connectivity index (χ4n) is 5.18. The molecule has 4 rings (SSSR count). The largest absolute Gasteiger partial charge is 0.395 e. The molecule has 2 heterocycles. The molecule has 4 aromatic rings. The van der Waals surface area contributed by atoms with Crippen LogP contribution in [0.15, 0.2) is 73.3 Å². The molecule has 212 valence electrons. The molecule has 0 aliphatic rings. The van der Waals surface area contributed by atoms with Crippen LogP contribution in [0, 0.1) is 0 Å². The van der Waals surface area contributed by atoms with Crippen molar-refractivity contribution in [3.05, 3.63) is 102 Å². The van der Waals surface area contributed by atoms with Crippen molar-refractivity contribution in [3.8, 4) is 0 Å². The normalized spacial score (nSPS) is 11.7. The quantitative estimate of drug-likeness (QED) is 0.171. The minimum Gasteiger partial charge on any atom is -0.395 e. The molecule has 0 fully saturated rings. The summed E-state index contributed by atoms with van der Waals surface area (Å²) in [5, 5.41) is 12.4. The van der Waals surface area contributed by atoms with E-state index >= 15 is 0 Å². The van der Waals surface area contributed by atoms with Crippen LogP contribution in [0.5, 0.6) is 0 Å². The smallest absolute Gasteiger partial charge is 0.255 e. The molecule has 0 radical (unpaired) electrons. The van der Waals surface area contributed by atoms with Gasteiger partial charge in [0, 0.05) is 54.7 Å². The van der Waals surface area contributed by atoms with Crippen LogP contribution in [-0.4, -0.2) is 42.0 Å². The molecule has 0 spiro atoms. The highest BCUT2D eigenvalue weighted by Crippen LogP contribution is 2.29. The number of benzene rings is 2. The molecule has 0 saturated heterocycles. The topological polar surface area (TPSA) is 125 Å². The lowest BCUT2D eigenvalue weighted by atomic mass is 9.83. The summed E-state index contributed by atoms with van der Waals surface area (Å²) in [5.74, 6) is 1.58. The van der Waals surface area contributed by atoms with Crippen LogP contribution in [0.3, 0.4) is 0 Å². The Hall–Kier alpha value is -3.79. The molecule has 9 nitrogen and oxygen atoms in total. The lowest BCUT2D eigenvalue weighted by molar-refractivity contribution is 0.102. The summed E-state index contributed by atoms with van der Waals surface area (Å²) < 4.78 is 1.95. The fourth-order valence-corrected chi connectivity index (χ4v) is 5.18. The van der Waals surface area contributed by atoms with Gasteiger partial charge in [0.2, 0.25) is 0 Å². The van der Waals surface area contributed by atoms with E-state index in [0.29, 0.717) is 31.7 Å². The van der Waals surface area contributed by atoms with Gasteiger partial charge in [-0.2, -0.15) is 0 Å². The Kier molecular flexibility index (Phi) is 10.2. The number of nitrogens with two attached hydrogens (primary N) is 1. The number of anilines is 1. The summed E-state index contributed by atoms with van der Waals surface area (Å²) in [5.41, 5.74) is 9.90. The number of aromatic nitrogens is 4. The third-order valence-electron chi connectivity index (χ3n) is 7.17. The summed E-state index contributed by atoms with van der Waals surface area (Å²) >= 11 is 0. The number of carbonyl (C=O) groups excluding carboxylic acids is 1. The van der Waals surface area contributed by atoms with Crippen LogP contribution >= 0.6 is 0 Å². The van der Waals surface area contributed by atoms with E-state index in [1.54, 1.807) is 12.4 Å². The van der Waals surface area contributed by atoms with Gasteiger partial charge in [0.25, 0.3) is 5.91 Å². The molecule has 1 amide bonds.